The molecule has 1 amide bonds. The Morgan fingerprint density at radius 2 is 1.88 bits per heavy atom. The number of non-ortho nitro benzene ring substituents is 1. The van der Waals surface area contributed by atoms with Crippen LogP contribution in [-0.2, 0) is 17.5 Å². The van der Waals surface area contributed by atoms with Crippen LogP contribution in [0.25, 0.3) is 17.1 Å². The van der Waals surface area contributed by atoms with Crippen LogP contribution in [0.1, 0.15) is 5.56 Å². The van der Waals surface area contributed by atoms with E-state index >= 15 is 0 Å². The van der Waals surface area contributed by atoms with Gasteiger partial charge in [0.05, 0.1) is 21.9 Å². The summed E-state index contributed by atoms with van der Waals surface area (Å²) >= 11 is 0. The largest absolute Gasteiger partial charge is 0.416 e. The van der Waals surface area contributed by atoms with Crippen LogP contribution in [0, 0.1) is 10.1 Å². The van der Waals surface area contributed by atoms with Gasteiger partial charge >= 0.3 is 6.18 Å². The summed E-state index contributed by atoms with van der Waals surface area (Å²) < 4.78 is 41.9. The molecule has 0 spiro atoms. The van der Waals surface area contributed by atoms with E-state index < -0.39 is 22.6 Å². The third-order valence-electron chi connectivity index (χ3n) is 4.44. The van der Waals surface area contributed by atoms with E-state index in [9.17, 15) is 28.1 Å². The number of aromatic nitrogens is 6. The fourth-order valence-electron chi connectivity index (χ4n) is 2.92. The topological polar surface area (TPSA) is 134 Å². The quantitative estimate of drug-likeness (QED) is 0.347. The molecule has 4 rings (SSSR count). The molecule has 0 aliphatic carbocycles. The number of rotatable bonds is 6. The summed E-state index contributed by atoms with van der Waals surface area (Å²) in [5, 5.41) is 21.2. The lowest BCUT2D eigenvalue weighted by molar-refractivity contribution is -0.384. The summed E-state index contributed by atoms with van der Waals surface area (Å²) in [6.45, 7) is -0.340. The standard InChI is InChI=1S/C19H13F3N8O3/c20-19(21,22)13-3-6-16(29-10-23-9-25-29)15(7-13)26-17(31)8-28-11-24-18(27-28)12-1-4-14(5-2-12)30(32)33/h1-7,9-11H,8H2,(H,26,31). The molecule has 11 nitrogen and oxygen atoms in total. The molecule has 0 radical (unpaired) electrons. The van der Waals surface area contributed by atoms with Crippen LogP contribution in [0.4, 0.5) is 24.5 Å². The molecule has 2 heterocycles. The number of nitro groups is 1. The maximum Gasteiger partial charge on any atom is 0.416 e. The van der Waals surface area contributed by atoms with Gasteiger partial charge < -0.3 is 5.32 Å². The molecule has 14 heteroatoms. The highest BCUT2D eigenvalue weighted by atomic mass is 19.4. The van der Waals surface area contributed by atoms with Crippen molar-refractivity contribution in [2.24, 2.45) is 0 Å². The Morgan fingerprint density at radius 3 is 2.52 bits per heavy atom. The van der Waals surface area contributed by atoms with Gasteiger partial charge in [-0.15, -0.1) is 0 Å². The zero-order valence-corrected chi connectivity index (χ0v) is 16.5. The van der Waals surface area contributed by atoms with Crippen LogP contribution in [-0.4, -0.2) is 40.4 Å². The first-order valence-electron chi connectivity index (χ1n) is 9.21. The molecule has 0 aliphatic rings. The van der Waals surface area contributed by atoms with E-state index in [-0.39, 0.29) is 29.4 Å². The molecule has 33 heavy (non-hydrogen) atoms. The first kappa shape index (κ1) is 21.6. The summed E-state index contributed by atoms with van der Waals surface area (Å²) in [6.07, 6.45) is -0.850. The molecule has 0 fully saturated rings. The third-order valence-corrected chi connectivity index (χ3v) is 4.44. The third kappa shape index (κ3) is 4.84. The highest BCUT2D eigenvalue weighted by Gasteiger charge is 2.31. The van der Waals surface area contributed by atoms with E-state index in [4.69, 9.17) is 0 Å². The number of alkyl halides is 3. The van der Waals surface area contributed by atoms with E-state index in [1.807, 2.05) is 0 Å². The zero-order chi connectivity index (χ0) is 23.6. The number of hydrogen-bond acceptors (Lipinski definition) is 7. The van der Waals surface area contributed by atoms with E-state index in [1.54, 1.807) is 0 Å². The molecular formula is C19H13F3N8O3. The number of nitro benzene ring substituents is 1. The van der Waals surface area contributed by atoms with Gasteiger partial charge in [-0.2, -0.15) is 23.4 Å². The minimum Gasteiger partial charge on any atom is -0.323 e. The van der Waals surface area contributed by atoms with Crippen LogP contribution >= 0.6 is 0 Å². The van der Waals surface area contributed by atoms with Crippen LogP contribution in [0.15, 0.2) is 61.4 Å². The number of carbonyl (C=O) groups is 1. The Balaban J connectivity index is 1.53. The monoisotopic (exact) mass is 458 g/mol. The first-order chi connectivity index (χ1) is 15.7. The van der Waals surface area contributed by atoms with Gasteiger partial charge in [-0.25, -0.2) is 19.3 Å². The molecular weight excluding hydrogens is 445 g/mol. The maximum absolute atomic E-state index is 13.2. The van der Waals surface area contributed by atoms with Gasteiger partial charge in [0.25, 0.3) is 5.69 Å². The minimum absolute atomic E-state index is 0.0955. The van der Waals surface area contributed by atoms with E-state index in [0.29, 0.717) is 5.56 Å². The lowest BCUT2D eigenvalue weighted by atomic mass is 10.1. The average Bonchev–Trinajstić information content (AvgIpc) is 3.45. The average molecular weight is 458 g/mol. The van der Waals surface area contributed by atoms with Crippen molar-refractivity contribution in [3.05, 3.63) is 77.1 Å². The number of benzene rings is 2. The van der Waals surface area contributed by atoms with Crippen molar-refractivity contribution in [3.63, 3.8) is 0 Å². The Kier molecular flexibility index (Phi) is 5.56. The first-order valence-corrected chi connectivity index (χ1v) is 9.21. The zero-order valence-electron chi connectivity index (χ0n) is 16.5. The summed E-state index contributed by atoms with van der Waals surface area (Å²) in [4.78, 5) is 30.6. The normalized spacial score (nSPS) is 11.4. The second-order valence-electron chi connectivity index (χ2n) is 6.69. The van der Waals surface area contributed by atoms with Crippen molar-refractivity contribution in [2.75, 3.05) is 5.32 Å². The fourth-order valence-corrected chi connectivity index (χ4v) is 2.92. The number of carbonyl (C=O) groups excluding carboxylic acids is 1. The molecule has 0 saturated carbocycles. The SMILES string of the molecule is O=C(Cn1cnc(-c2ccc([N+](=O)[O-])cc2)n1)Nc1cc(C(F)(F)F)ccc1-n1cncn1. The molecule has 168 valence electrons. The van der Waals surface area contributed by atoms with Gasteiger partial charge in [-0.05, 0) is 30.3 Å². The second kappa shape index (κ2) is 8.49. The van der Waals surface area contributed by atoms with E-state index in [2.05, 4.69) is 25.5 Å². The van der Waals surface area contributed by atoms with E-state index in [0.717, 1.165) is 12.1 Å². The van der Waals surface area contributed by atoms with Crippen molar-refractivity contribution in [2.45, 2.75) is 12.7 Å². The number of halogens is 3. The van der Waals surface area contributed by atoms with Gasteiger partial charge in [-0.3, -0.25) is 14.9 Å². The lowest BCUT2D eigenvalue weighted by Crippen LogP contribution is -2.21. The Bertz CT molecular complexity index is 1300. The minimum atomic E-state index is -4.61. The molecule has 0 saturated heterocycles. The molecule has 0 aliphatic heterocycles. The van der Waals surface area contributed by atoms with Crippen LogP contribution < -0.4 is 5.32 Å². The summed E-state index contributed by atoms with van der Waals surface area (Å²) in [7, 11) is 0. The molecule has 4 aromatic rings. The highest BCUT2D eigenvalue weighted by Crippen LogP contribution is 2.33. The molecule has 2 aromatic heterocycles. The van der Waals surface area contributed by atoms with Crippen molar-refractivity contribution >= 4 is 17.3 Å². The molecule has 0 bridgehead atoms. The van der Waals surface area contributed by atoms with Crippen LogP contribution in [0.3, 0.4) is 0 Å². The summed E-state index contributed by atoms with van der Waals surface area (Å²) in [5.41, 5.74) is -0.467. The highest BCUT2D eigenvalue weighted by molar-refractivity contribution is 5.92. The van der Waals surface area contributed by atoms with Crippen molar-refractivity contribution in [1.82, 2.24) is 29.5 Å². The lowest BCUT2D eigenvalue weighted by Gasteiger charge is -2.14. The van der Waals surface area contributed by atoms with Gasteiger partial charge in [0, 0.05) is 17.7 Å². The molecule has 0 unspecified atom stereocenters. The van der Waals surface area contributed by atoms with Crippen LogP contribution in [0.5, 0.6) is 0 Å². The number of anilines is 1. The molecule has 1 N–H and O–H groups in total. The Labute approximate surface area is 182 Å². The summed E-state index contributed by atoms with van der Waals surface area (Å²) in [6, 6.07) is 8.37. The van der Waals surface area contributed by atoms with Gasteiger partial charge in [-0.1, -0.05) is 0 Å². The predicted octanol–water partition coefficient (Wildman–Crippen LogP) is 3.09. The Morgan fingerprint density at radius 1 is 1.12 bits per heavy atom. The number of amides is 1. The molecule has 0 atom stereocenters. The molecule has 2 aromatic carbocycles. The number of nitrogens with one attached hydrogen (secondary N) is 1. The van der Waals surface area contributed by atoms with Gasteiger partial charge in [0.15, 0.2) is 5.82 Å². The maximum atomic E-state index is 13.2. The van der Waals surface area contributed by atoms with E-state index in [1.165, 1.54) is 58.7 Å². The second-order valence-corrected chi connectivity index (χ2v) is 6.69. The van der Waals surface area contributed by atoms with Crippen molar-refractivity contribution in [3.8, 4) is 17.1 Å². The predicted molar refractivity (Wildman–Crippen MR) is 107 cm³/mol. The number of hydrogen-bond donors (Lipinski definition) is 1. The van der Waals surface area contributed by atoms with Gasteiger partial charge in [0.2, 0.25) is 5.91 Å². The van der Waals surface area contributed by atoms with Crippen LogP contribution in [0.2, 0.25) is 0 Å². The van der Waals surface area contributed by atoms with Gasteiger partial charge in [0.1, 0.15) is 25.5 Å². The Hall–Kier alpha value is -4.62. The summed E-state index contributed by atoms with van der Waals surface area (Å²) in [5.74, 6) is -0.434. The number of nitrogens with zero attached hydrogens (tertiary/aromatic N) is 7. The van der Waals surface area contributed by atoms with Crippen molar-refractivity contribution in [1.29, 1.82) is 0 Å². The van der Waals surface area contributed by atoms with Crippen molar-refractivity contribution < 1.29 is 22.9 Å². The fraction of sp³-hybridized carbons (Fsp3) is 0.105. The smallest absolute Gasteiger partial charge is 0.323 e.